The number of nitrogens with one attached hydrogen (secondary N) is 1. The van der Waals surface area contributed by atoms with Crippen molar-refractivity contribution in [1.29, 1.82) is 0 Å². The summed E-state index contributed by atoms with van der Waals surface area (Å²) in [6.45, 7) is 2.44. The van der Waals surface area contributed by atoms with E-state index >= 15 is 0 Å². The quantitative estimate of drug-likeness (QED) is 0.433. The van der Waals surface area contributed by atoms with Crippen molar-refractivity contribution in [2.75, 3.05) is 44.5 Å². The Kier molecular flexibility index (Phi) is 7.44. The monoisotopic (exact) mass is 317 g/mol. The van der Waals surface area contributed by atoms with Crippen LogP contribution in [-0.2, 0) is 19.5 Å². The predicted octanol–water partition coefficient (Wildman–Crippen LogP) is 0.771. The number of hydrogen-bond donors (Lipinski definition) is 3. The molecule has 5 N–H and O–H groups in total. The van der Waals surface area contributed by atoms with Crippen LogP contribution >= 0.6 is 0 Å². The van der Waals surface area contributed by atoms with E-state index in [1.807, 2.05) is 0 Å². The first-order valence-electron chi connectivity index (χ1n) is 6.68. The van der Waals surface area contributed by atoms with Crippen LogP contribution in [0.3, 0.4) is 0 Å². The van der Waals surface area contributed by atoms with E-state index in [4.69, 9.17) is 20.3 Å². The molecule has 0 heterocycles. The summed E-state index contributed by atoms with van der Waals surface area (Å²) in [6, 6.07) is 4.60. The minimum Gasteiger partial charge on any atom is -0.399 e. The summed E-state index contributed by atoms with van der Waals surface area (Å²) in [5, 5.41) is 8.22. The van der Waals surface area contributed by atoms with Gasteiger partial charge in [-0.3, -0.25) is 0 Å². The lowest BCUT2D eigenvalue weighted by Gasteiger charge is -2.11. The molecule has 0 aliphatic rings. The van der Waals surface area contributed by atoms with Gasteiger partial charge in [0.25, 0.3) is 0 Å². The highest BCUT2D eigenvalue weighted by Gasteiger charge is 2.13. The third-order valence-electron chi connectivity index (χ3n) is 2.77. The van der Waals surface area contributed by atoms with Crippen LogP contribution in [0.2, 0.25) is 0 Å². The maximum absolute atomic E-state index is 11.5. The van der Waals surface area contributed by atoms with Crippen molar-refractivity contribution in [3.63, 3.8) is 0 Å². The van der Waals surface area contributed by atoms with Crippen molar-refractivity contribution >= 4 is 21.4 Å². The summed E-state index contributed by atoms with van der Waals surface area (Å²) >= 11 is 0. The van der Waals surface area contributed by atoms with E-state index in [1.54, 1.807) is 19.2 Å². The first-order chi connectivity index (χ1) is 9.95. The molecule has 0 aliphatic carbocycles. The van der Waals surface area contributed by atoms with Crippen molar-refractivity contribution in [2.24, 2.45) is 5.14 Å². The Morgan fingerprint density at radius 1 is 1.19 bits per heavy atom. The smallest absolute Gasteiger partial charge is 0.240 e. The molecule has 0 fully saturated rings. The van der Waals surface area contributed by atoms with Crippen molar-refractivity contribution < 1.29 is 17.9 Å². The van der Waals surface area contributed by atoms with Gasteiger partial charge in [-0.25, -0.2) is 13.6 Å². The van der Waals surface area contributed by atoms with Crippen molar-refractivity contribution in [2.45, 2.75) is 17.7 Å². The fraction of sp³-hybridized carbons (Fsp3) is 0.538. The highest BCUT2D eigenvalue weighted by atomic mass is 32.2. The van der Waals surface area contributed by atoms with Gasteiger partial charge >= 0.3 is 0 Å². The fourth-order valence-corrected chi connectivity index (χ4v) is 2.46. The second kappa shape index (κ2) is 8.83. The molecule has 8 heteroatoms. The van der Waals surface area contributed by atoms with Gasteiger partial charge in [-0.1, -0.05) is 0 Å². The van der Waals surface area contributed by atoms with E-state index in [0.717, 1.165) is 12.8 Å². The number of ether oxygens (including phenoxy) is 2. The molecule has 0 aliphatic heterocycles. The summed E-state index contributed by atoms with van der Waals surface area (Å²) in [7, 11) is -2.17. The Balaban J connectivity index is 2.39. The number of unbranched alkanes of at least 4 members (excludes halogenated alkanes) is 1. The van der Waals surface area contributed by atoms with Gasteiger partial charge in [0.05, 0.1) is 18.9 Å². The Morgan fingerprint density at radius 2 is 1.95 bits per heavy atom. The summed E-state index contributed by atoms with van der Waals surface area (Å²) in [5.41, 5.74) is 6.41. The van der Waals surface area contributed by atoms with Gasteiger partial charge in [-0.15, -0.1) is 0 Å². The van der Waals surface area contributed by atoms with Crippen LogP contribution in [0.4, 0.5) is 11.4 Å². The number of benzene rings is 1. The number of primary sulfonamides is 1. The lowest BCUT2D eigenvalue weighted by Crippen LogP contribution is -2.16. The third-order valence-corrected chi connectivity index (χ3v) is 3.73. The molecular weight excluding hydrogens is 294 g/mol. The second-order valence-corrected chi connectivity index (χ2v) is 6.07. The van der Waals surface area contributed by atoms with E-state index in [9.17, 15) is 8.42 Å². The average molecular weight is 317 g/mol. The van der Waals surface area contributed by atoms with E-state index in [-0.39, 0.29) is 4.90 Å². The molecule has 1 aromatic rings. The van der Waals surface area contributed by atoms with Crippen molar-refractivity contribution in [3.05, 3.63) is 18.2 Å². The number of rotatable bonds is 10. The highest BCUT2D eigenvalue weighted by Crippen LogP contribution is 2.22. The van der Waals surface area contributed by atoms with E-state index in [0.29, 0.717) is 37.7 Å². The standard InChI is InChI=1S/C13H23N3O4S/c1-19-8-9-20-7-3-2-6-16-12-5-4-11(14)10-13(12)21(15,17)18/h4-5,10,16H,2-3,6-9,14H2,1H3,(H2,15,17,18). The maximum atomic E-state index is 11.5. The molecule has 1 aromatic carbocycles. The topological polar surface area (TPSA) is 117 Å². The molecule has 0 bridgehead atoms. The Labute approximate surface area is 125 Å². The highest BCUT2D eigenvalue weighted by molar-refractivity contribution is 7.89. The zero-order valence-corrected chi connectivity index (χ0v) is 13.0. The van der Waals surface area contributed by atoms with Crippen LogP contribution in [0.15, 0.2) is 23.1 Å². The summed E-state index contributed by atoms with van der Waals surface area (Å²) < 4.78 is 33.2. The largest absolute Gasteiger partial charge is 0.399 e. The minimum absolute atomic E-state index is 0.0128. The van der Waals surface area contributed by atoms with Crippen LogP contribution in [0.5, 0.6) is 0 Å². The summed E-state index contributed by atoms with van der Waals surface area (Å²) in [6.07, 6.45) is 1.72. The van der Waals surface area contributed by atoms with Gasteiger partial charge in [-0.2, -0.15) is 0 Å². The van der Waals surface area contributed by atoms with Gasteiger partial charge in [0.2, 0.25) is 10.0 Å². The molecule has 0 unspecified atom stereocenters. The minimum atomic E-state index is -3.79. The van der Waals surface area contributed by atoms with Crippen LogP contribution in [0, 0.1) is 0 Å². The zero-order chi connectivity index (χ0) is 15.7. The third kappa shape index (κ3) is 6.76. The molecule has 1 rings (SSSR count). The number of anilines is 2. The van der Waals surface area contributed by atoms with Gasteiger partial charge in [0.15, 0.2) is 0 Å². The molecular formula is C13H23N3O4S. The lowest BCUT2D eigenvalue weighted by molar-refractivity contribution is 0.0691. The van der Waals surface area contributed by atoms with Gasteiger partial charge in [0, 0.05) is 25.9 Å². The molecule has 0 atom stereocenters. The first-order valence-corrected chi connectivity index (χ1v) is 8.22. The van der Waals surface area contributed by atoms with Gasteiger partial charge in [0.1, 0.15) is 4.90 Å². The van der Waals surface area contributed by atoms with Crippen molar-refractivity contribution in [3.8, 4) is 0 Å². The van der Waals surface area contributed by atoms with Gasteiger partial charge in [-0.05, 0) is 31.0 Å². The maximum Gasteiger partial charge on any atom is 0.240 e. The number of nitrogens with two attached hydrogens (primary N) is 2. The van der Waals surface area contributed by atoms with Crippen LogP contribution in [0.25, 0.3) is 0 Å². The van der Waals surface area contributed by atoms with Crippen LogP contribution in [0.1, 0.15) is 12.8 Å². The molecule has 0 saturated heterocycles. The number of sulfonamides is 1. The zero-order valence-electron chi connectivity index (χ0n) is 12.2. The predicted molar refractivity (Wildman–Crippen MR) is 82.6 cm³/mol. The Hall–Kier alpha value is -1.35. The average Bonchev–Trinajstić information content (AvgIpc) is 2.42. The SMILES string of the molecule is COCCOCCCCNc1ccc(N)cc1S(N)(=O)=O. The molecule has 120 valence electrons. The molecule has 21 heavy (non-hydrogen) atoms. The van der Waals surface area contributed by atoms with Crippen LogP contribution < -0.4 is 16.2 Å². The molecule has 0 radical (unpaired) electrons. The normalized spacial score (nSPS) is 11.5. The summed E-state index contributed by atoms with van der Waals surface area (Å²) in [5.74, 6) is 0. The molecule has 7 nitrogen and oxygen atoms in total. The van der Waals surface area contributed by atoms with E-state index in [2.05, 4.69) is 5.32 Å². The van der Waals surface area contributed by atoms with E-state index < -0.39 is 10.0 Å². The lowest BCUT2D eigenvalue weighted by atomic mass is 10.2. The Bertz CT molecular complexity index is 534. The van der Waals surface area contributed by atoms with Gasteiger partial charge < -0.3 is 20.5 Å². The second-order valence-electron chi connectivity index (χ2n) is 4.54. The number of nitrogen functional groups attached to an aromatic ring is 1. The van der Waals surface area contributed by atoms with Crippen molar-refractivity contribution in [1.82, 2.24) is 0 Å². The molecule has 0 saturated carbocycles. The van der Waals surface area contributed by atoms with Crippen LogP contribution in [-0.4, -0.2) is 41.9 Å². The molecule has 0 amide bonds. The summed E-state index contributed by atoms with van der Waals surface area (Å²) in [4.78, 5) is 0.0128. The molecule has 0 spiro atoms. The number of methoxy groups -OCH3 is 1. The number of hydrogen-bond acceptors (Lipinski definition) is 6. The Morgan fingerprint density at radius 3 is 2.62 bits per heavy atom. The van der Waals surface area contributed by atoms with E-state index in [1.165, 1.54) is 6.07 Å². The fourth-order valence-electron chi connectivity index (χ4n) is 1.72. The first kappa shape index (κ1) is 17.7. The molecule has 0 aromatic heterocycles.